The second-order valence-corrected chi connectivity index (χ2v) is 4.78. The van der Waals surface area contributed by atoms with Gasteiger partial charge in [-0.3, -0.25) is 10.1 Å². The van der Waals surface area contributed by atoms with Crippen LogP contribution in [0, 0.1) is 17.0 Å². The van der Waals surface area contributed by atoms with Crippen LogP contribution in [0.3, 0.4) is 0 Å². The van der Waals surface area contributed by atoms with Crippen LogP contribution in [0.2, 0.25) is 0 Å². The molecule has 2 heterocycles. The molecule has 0 fully saturated rings. The third kappa shape index (κ3) is 2.75. The molecule has 0 bridgehead atoms. The van der Waals surface area contributed by atoms with Crippen LogP contribution in [0.15, 0.2) is 40.6 Å². The van der Waals surface area contributed by atoms with E-state index in [-0.39, 0.29) is 21.3 Å². The molecular formula is C12H9N3O4S. The Balaban J connectivity index is 2.49. The third-order valence-corrected chi connectivity index (χ3v) is 3.48. The molecule has 102 valence electrons. The highest BCUT2D eigenvalue weighted by molar-refractivity contribution is 7.99. The first-order chi connectivity index (χ1) is 9.50. The van der Waals surface area contributed by atoms with Gasteiger partial charge in [-0.25, -0.2) is 14.8 Å². The Hall–Kier alpha value is -2.48. The molecule has 0 saturated carbocycles. The summed E-state index contributed by atoms with van der Waals surface area (Å²) in [5.74, 6) is -1.14. The van der Waals surface area contributed by atoms with E-state index in [1.807, 2.05) is 0 Å². The molecule has 0 atom stereocenters. The molecule has 2 aromatic rings. The van der Waals surface area contributed by atoms with Crippen LogP contribution in [0.4, 0.5) is 5.69 Å². The SMILES string of the molecule is Cc1ccnc(Sc2ncccc2C(=O)O)c1[N+](=O)[O-]. The van der Waals surface area contributed by atoms with Crippen LogP contribution in [0.5, 0.6) is 0 Å². The van der Waals surface area contributed by atoms with Gasteiger partial charge in [0.15, 0.2) is 5.03 Å². The average molecular weight is 291 g/mol. The van der Waals surface area contributed by atoms with Crippen LogP contribution in [-0.2, 0) is 0 Å². The average Bonchev–Trinajstić information content (AvgIpc) is 2.38. The van der Waals surface area contributed by atoms with E-state index in [4.69, 9.17) is 5.11 Å². The highest BCUT2D eigenvalue weighted by atomic mass is 32.2. The minimum absolute atomic E-state index is 0.0184. The predicted octanol–water partition coefficient (Wildman–Crippen LogP) is 2.54. The number of hydrogen-bond acceptors (Lipinski definition) is 6. The zero-order valence-electron chi connectivity index (χ0n) is 10.3. The molecule has 8 heteroatoms. The molecule has 0 amide bonds. The van der Waals surface area contributed by atoms with E-state index < -0.39 is 10.9 Å². The van der Waals surface area contributed by atoms with Crippen molar-refractivity contribution in [2.75, 3.05) is 0 Å². The van der Waals surface area contributed by atoms with Crippen molar-refractivity contribution < 1.29 is 14.8 Å². The third-order valence-electron chi connectivity index (χ3n) is 2.47. The molecule has 1 N–H and O–H groups in total. The first kappa shape index (κ1) is 13.9. The minimum Gasteiger partial charge on any atom is -0.478 e. The number of nitro groups is 1. The predicted molar refractivity (Wildman–Crippen MR) is 70.9 cm³/mol. The van der Waals surface area contributed by atoms with E-state index >= 15 is 0 Å². The molecule has 0 aliphatic heterocycles. The molecule has 0 radical (unpaired) electrons. The first-order valence-electron chi connectivity index (χ1n) is 5.47. The number of carbonyl (C=O) groups is 1. The monoisotopic (exact) mass is 291 g/mol. The van der Waals surface area contributed by atoms with Crippen molar-refractivity contribution in [2.45, 2.75) is 17.0 Å². The van der Waals surface area contributed by atoms with Crippen LogP contribution in [0.25, 0.3) is 0 Å². The quantitative estimate of drug-likeness (QED) is 0.681. The van der Waals surface area contributed by atoms with Gasteiger partial charge in [0, 0.05) is 18.0 Å². The minimum atomic E-state index is -1.14. The van der Waals surface area contributed by atoms with Gasteiger partial charge in [0.25, 0.3) is 0 Å². The van der Waals surface area contributed by atoms with E-state index in [1.165, 1.54) is 30.6 Å². The lowest BCUT2D eigenvalue weighted by molar-refractivity contribution is -0.388. The molecular weight excluding hydrogens is 282 g/mol. The van der Waals surface area contributed by atoms with Crippen molar-refractivity contribution in [3.8, 4) is 0 Å². The lowest BCUT2D eigenvalue weighted by Crippen LogP contribution is -2.01. The Morgan fingerprint density at radius 2 is 2.00 bits per heavy atom. The normalized spacial score (nSPS) is 10.2. The van der Waals surface area contributed by atoms with Crippen LogP contribution < -0.4 is 0 Å². The van der Waals surface area contributed by atoms with Gasteiger partial charge in [-0.1, -0.05) is 0 Å². The zero-order valence-corrected chi connectivity index (χ0v) is 11.1. The van der Waals surface area contributed by atoms with Crippen molar-refractivity contribution in [2.24, 2.45) is 0 Å². The second-order valence-electron chi connectivity index (χ2n) is 3.80. The molecule has 0 aromatic carbocycles. The molecule has 7 nitrogen and oxygen atoms in total. The fraction of sp³-hybridized carbons (Fsp3) is 0.0833. The summed E-state index contributed by atoms with van der Waals surface area (Å²) in [6, 6.07) is 4.41. The smallest absolute Gasteiger partial charge is 0.338 e. The first-order valence-corrected chi connectivity index (χ1v) is 6.28. The number of aromatic carboxylic acids is 1. The van der Waals surface area contributed by atoms with Gasteiger partial charge < -0.3 is 5.11 Å². The van der Waals surface area contributed by atoms with Crippen molar-refractivity contribution in [3.63, 3.8) is 0 Å². The number of carboxylic acids is 1. The maximum Gasteiger partial charge on any atom is 0.338 e. The Kier molecular flexibility index (Phi) is 3.94. The van der Waals surface area contributed by atoms with E-state index in [1.54, 1.807) is 6.92 Å². The van der Waals surface area contributed by atoms with E-state index in [0.717, 1.165) is 11.8 Å². The summed E-state index contributed by atoms with van der Waals surface area (Å²) >= 11 is 0.867. The summed E-state index contributed by atoms with van der Waals surface area (Å²) in [5, 5.41) is 20.4. The molecule has 0 saturated heterocycles. The van der Waals surface area contributed by atoms with E-state index in [2.05, 4.69) is 9.97 Å². The Labute approximate surface area is 117 Å². The number of aromatic nitrogens is 2. The number of aryl methyl sites for hydroxylation is 1. The Morgan fingerprint density at radius 3 is 2.65 bits per heavy atom. The van der Waals surface area contributed by atoms with Gasteiger partial charge in [-0.2, -0.15) is 0 Å². The number of pyridine rings is 2. The van der Waals surface area contributed by atoms with E-state index in [0.29, 0.717) is 5.56 Å². The van der Waals surface area contributed by atoms with Crippen LogP contribution in [-0.4, -0.2) is 26.0 Å². The largest absolute Gasteiger partial charge is 0.478 e. The van der Waals surface area contributed by atoms with Crippen LogP contribution >= 0.6 is 11.8 Å². The highest BCUT2D eigenvalue weighted by Gasteiger charge is 2.22. The van der Waals surface area contributed by atoms with Gasteiger partial charge in [0.2, 0.25) is 0 Å². The lowest BCUT2D eigenvalue weighted by atomic mass is 10.3. The molecule has 0 aliphatic carbocycles. The molecule has 2 aromatic heterocycles. The van der Waals surface area contributed by atoms with Crippen molar-refractivity contribution in [1.29, 1.82) is 0 Å². The fourth-order valence-corrected chi connectivity index (χ4v) is 2.56. The highest BCUT2D eigenvalue weighted by Crippen LogP contribution is 2.35. The van der Waals surface area contributed by atoms with Gasteiger partial charge in [-0.05, 0) is 36.9 Å². The van der Waals surface area contributed by atoms with E-state index in [9.17, 15) is 14.9 Å². The summed E-state index contributed by atoms with van der Waals surface area (Å²) in [6.07, 6.45) is 2.87. The molecule has 0 aliphatic rings. The van der Waals surface area contributed by atoms with Gasteiger partial charge in [0.1, 0.15) is 5.03 Å². The van der Waals surface area contributed by atoms with Gasteiger partial charge in [0.05, 0.1) is 10.5 Å². The van der Waals surface area contributed by atoms with Gasteiger partial charge in [-0.15, -0.1) is 0 Å². The number of nitrogens with zero attached hydrogens (tertiary/aromatic N) is 3. The Bertz CT molecular complexity index is 690. The molecule has 0 spiro atoms. The topological polar surface area (TPSA) is 106 Å². The van der Waals surface area contributed by atoms with Crippen molar-refractivity contribution >= 4 is 23.4 Å². The summed E-state index contributed by atoms with van der Waals surface area (Å²) in [4.78, 5) is 29.5. The van der Waals surface area contributed by atoms with Gasteiger partial charge >= 0.3 is 11.7 Å². The van der Waals surface area contributed by atoms with Crippen LogP contribution in [0.1, 0.15) is 15.9 Å². The maximum absolute atomic E-state index is 11.1. The fourth-order valence-electron chi connectivity index (χ4n) is 1.55. The van der Waals surface area contributed by atoms with Crippen molar-refractivity contribution in [1.82, 2.24) is 9.97 Å². The zero-order chi connectivity index (χ0) is 14.7. The summed E-state index contributed by atoms with van der Waals surface area (Å²) in [5.41, 5.74) is 0.301. The second kappa shape index (κ2) is 5.66. The number of carboxylic acid groups (broad SMARTS) is 1. The molecule has 2 rings (SSSR count). The molecule has 20 heavy (non-hydrogen) atoms. The lowest BCUT2D eigenvalue weighted by Gasteiger charge is -2.05. The number of rotatable bonds is 4. The standard InChI is InChI=1S/C12H9N3O4S/c1-7-4-6-14-11(9(7)15(18)19)20-10-8(12(16)17)3-2-5-13-10/h2-6H,1H3,(H,16,17). The summed E-state index contributed by atoms with van der Waals surface area (Å²) in [6.45, 7) is 1.60. The van der Waals surface area contributed by atoms with Crippen molar-refractivity contribution in [3.05, 3.63) is 51.8 Å². The Morgan fingerprint density at radius 1 is 1.30 bits per heavy atom. The summed E-state index contributed by atoms with van der Waals surface area (Å²) in [7, 11) is 0. The number of hydrogen-bond donors (Lipinski definition) is 1. The molecule has 0 unspecified atom stereocenters. The maximum atomic E-state index is 11.1. The summed E-state index contributed by atoms with van der Waals surface area (Å²) < 4.78 is 0.